The van der Waals surface area contributed by atoms with Crippen molar-refractivity contribution in [1.29, 1.82) is 0 Å². The summed E-state index contributed by atoms with van der Waals surface area (Å²) in [4.78, 5) is 9.42. The summed E-state index contributed by atoms with van der Waals surface area (Å²) in [6, 6.07) is 2.23. The van der Waals surface area contributed by atoms with Crippen LogP contribution < -0.4 is 5.73 Å². The van der Waals surface area contributed by atoms with E-state index in [-0.39, 0.29) is 19.0 Å². The van der Waals surface area contributed by atoms with Crippen LogP contribution in [0, 0.1) is 15.9 Å². The molecule has 0 amide bonds. The minimum Gasteiger partial charge on any atom is -0.326 e. The molecule has 1 aliphatic heterocycles. The SMILES string of the molecule is CC(N)C1CCCCN1S(=O)(=O)c1cccc(F)c1[N+](=O)[O-].Cl. The van der Waals surface area contributed by atoms with Gasteiger partial charge in [-0.15, -0.1) is 12.4 Å². The molecular weight excluding hydrogens is 349 g/mol. The Balaban J connectivity index is 0.00000264. The zero-order valence-electron chi connectivity index (χ0n) is 12.5. The van der Waals surface area contributed by atoms with Crippen molar-refractivity contribution in [3.05, 3.63) is 34.1 Å². The van der Waals surface area contributed by atoms with E-state index in [4.69, 9.17) is 5.73 Å². The molecule has 1 saturated heterocycles. The van der Waals surface area contributed by atoms with Crippen molar-refractivity contribution in [1.82, 2.24) is 4.31 Å². The first-order valence-electron chi connectivity index (χ1n) is 6.97. The summed E-state index contributed by atoms with van der Waals surface area (Å²) in [6.45, 7) is 1.92. The number of para-hydroxylation sites is 1. The molecule has 1 heterocycles. The first kappa shape index (κ1) is 19.8. The third kappa shape index (κ3) is 3.79. The number of hydrogen-bond donors (Lipinski definition) is 1. The van der Waals surface area contributed by atoms with Crippen LogP contribution in [-0.2, 0) is 10.0 Å². The van der Waals surface area contributed by atoms with Crippen LogP contribution in [0.5, 0.6) is 0 Å². The lowest BCUT2D eigenvalue weighted by Crippen LogP contribution is -2.51. The molecule has 10 heteroatoms. The smallest absolute Gasteiger partial charge is 0.324 e. The fraction of sp³-hybridized carbons (Fsp3) is 0.538. The van der Waals surface area contributed by atoms with Gasteiger partial charge in [0.1, 0.15) is 0 Å². The second-order valence-corrected chi connectivity index (χ2v) is 7.24. The van der Waals surface area contributed by atoms with Crippen molar-refractivity contribution >= 4 is 28.1 Å². The Bertz CT molecular complexity index is 684. The van der Waals surface area contributed by atoms with Gasteiger partial charge in [-0.3, -0.25) is 10.1 Å². The van der Waals surface area contributed by atoms with Gasteiger partial charge in [0, 0.05) is 18.6 Å². The van der Waals surface area contributed by atoms with Gasteiger partial charge in [0.25, 0.3) is 0 Å². The molecular formula is C13H19ClFN3O4S. The van der Waals surface area contributed by atoms with E-state index in [9.17, 15) is 22.9 Å². The maximum atomic E-state index is 13.7. The fourth-order valence-electron chi connectivity index (χ4n) is 2.76. The highest BCUT2D eigenvalue weighted by molar-refractivity contribution is 7.89. The average Bonchev–Trinajstić information content (AvgIpc) is 2.46. The standard InChI is InChI=1S/C13H18FN3O4S.ClH/c1-9(15)11-6-2-3-8-16(11)22(20,21)12-7-4-5-10(14)13(12)17(18)19;/h4-5,7,9,11H,2-3,6,8,15H2,1H3;1H. The molecule has 2 rings (SSSR count). The van der Waals surface area contributed by atoms with Crippen LogP contribution in [-0.4, -0.2) is 36.3 Å². The van der Waals surface area contributed by atoms with Gasteiger partial charge >= 0.3 is 5.69 Å². The first-order chi connectivity index (χ1) is 10.3. The predicted molar refractivity (Wildman–Crippen MR) is 85.5 cm³/mol. The van der Waals surface area contributed by atoms with Crippen LogP contribution in [0.15, 0.2) is 23.1 Å². The van der Waals surface area contributed by atoms with Crippen molar-refractivity contribution in [3.8, 4) is 0 Å². The van der Waals surface area contributed by atoms with Gasteiger partial charge in [-0.1, -0.05) is 12.5 Å². The van der Waals surface area contributed by atoms with Crippen molar-refractivity contribution in [2.24, 2.45) is 5.73 Å². The van der Waals surface area contributed by atoms with Gasteiger partial charge in [-0.25, -0.2) is 8.42 Å². The lowest BCUT2D eigenvalue weighted by atomic mass is 10.00. The molecule has 1 aliphatic rings. The molecule has 0 bridgehead atoms. The highest BCUT2D eigenvalue weighted by atomic mass is 35.5. The van der Waals surface area contributed by atoms with E-state index in [0.29, 0.717) is 12.8 Å². The molecule has 1 aromatic carbocycles. The zero-order valence-corrected chi connectivity index (χ0v) is 14.1. The largest absolute Gasteiger partial charge is 0.326 e. The van der Waals surface area contributed by atoms with Crippen LogP contribution >= 0.6 is 12.4 Å². The van der Waals surface area contributed by atoms with E-state index in [2.05, 4.69) is 0 Å². The van der Waals surface area contributed by atoms with Crippen LogP contribution in [0.4, 0.5) is 10.1 Å². The average molecular weight is 368 g/mol. The zero-order chi connectivity index (χ0) is 16.5. The lowest BCUT2D eigenvalue weighted by Gasteiger charge is -2.36. The molecule has 1 aromatic rings. The molecule has 0 radical (unpaired) electrons. The second-order valence-electron chi connectivity index (χ2n) is 5.38. The van der Waals surface area contributed by atoms with E-state index in [1.165, 1.54) is 4.31 Å². The van der Waals surface area contributed by atoms with Crippen LogP contribution in [0.1, 0.15) is 26.2 Å². The summed E-state index contributed by atoms with van der Waals surface area (Å²) in [5.74, 6) is -1.17. The van der Waals surface area contributed by atoms with Gasteiger partial charge in [-0.05, 0) is 31.9 Å². The number of nitrogens with zero attached hydrogens (tertiary/aromatic N) is 2. The Labute approximate surface area is 140 Å². The van der Waals surface area contributed by atoms with E-state index < -0.39 is 43.4 Å². The number of nitro groups is 1. The Morgan fingerprint density at radius 2 is 2.09 bits per heavy atom. The number of nitro benzene ring substituents is 1. The highest BCUT2D eigenvalue weighted by Gasteiger charge is 2.39. The number of hydrogen-bond acceptors (Lipinski definition) is 5. The third-order valence-corrected chi connectivity index (χ3v) is 5.78. The highest BCUT2D eigenvalue weighted by Crippen LogP contribution is 2.33. The van der Waals surface area contributed by atoms with E-state index in [1.807, 2.05) is 0 Å². The van der Waals surface area contributed by atoms with Gasteiger partial charge < -0.3 is 5.73 Å². The summed E-state index contributed by atoms with van der Waals surface area (Å²) in [6.07, 6.45) is 2.06. The Kier molecular flexibility index (Phi) is 6.46. The Hall–Kier alpha value is -1.29. The predicted octanol–water partition coefficient (Wildman–Crippen LogP) is 2.05. The Morgan fingerprint density at radius 1 is 1.43 bits per heavy atom. The Morgan fingerprint density at radius 3 is 2.65 bits per heavy atom. The summed E-state index contributed by atoms with van der Waals surface area (Å²) in [7, 11) is -4.18. The van der Waals surface area contributed by atoms with Crippen molar-refractivity contribution in [2.75, 3.05) is 6.54 Å². The molecule has 7 nitrogen and oxygen atoms in total. The lowest BCUT2D eigenvalue weighted by molar-refractivity contribution is -0.390. The fourth-order valence-corrected chi connectivity index (χ4v) is 4.70. The van der Waals surface area contributed by atoms with Crippen LogP contribution in [0.25, 0.3) is 0 Å². The monoisotopic (exact) mass is 367 g/mol. The summed E-state index contributed by atoms with van der Waals surface area (Å²) in [5, 5.41) is 11.0. The van der Waals surface area contributed by atoms with E-state index in [1.54, 1.807) is 6.92 Å². The minimum atomic E-state index is -4.18. The summed E-state index contributed by atoms with van der Waals surface area (Å²) in [5.41, 5.74) is 4.83. The number of benzene rings is 1. The minimum absolute atomic E-state index is 0. The number of sulfonamides is 1. The molecule has 130 valence electrons. The van der Waals surface area contributed by atoms with Gasteiger partial charge in [-0.2, -0.15) is 8.70 Å². The van der Waals surface area contributed by atoms with E-state index >= 15 is 0 Å². The van der Waals surface area contributed by atoms with Crippen molar-refractivity contribution in [2.45, 2.75) is 43.2 Å². The van der Waals surface area contributed by atoms with Crippen LogP contribution in [0.3, 0.4) is 0 Å². The number of nitrogens with two attached hydrogens (primary N) is 1. The topological polar surface area (TPSA) is 107 Å². The van der Waals surface area contributed by atoms with Gasteiger partial charge in [0.15, 0.2) is 4.90 Å². The molecule has 2 N–H and O–H groups in total. The maximum Gasteiger partial charge on any atom is 0.324 e. The number of rotatable bonds is 4. The molecule has 0 spiro atoms. The third-order valence-electron chi connectivity index (χ3n) is 3.82. The number of halogens is 2. The summed E-state index contributed by atoms with van der Waals surface area (Å²) < 4.78 is 40.4. The molecule has 23 heavy (non-hydrogen) atoms. The molecule has 2 unspecified atom stereocenters. The molecule has 1 fully saturated rings. The van der Waals surface area contributed by atoms with E-state index in [0.717, 1.165) is 24.6 Å². The van der Waals surface area contributed by atoms with Crippen LogP contribution in [0.2, 0.25) is 0 Å². The van der Waals surface area contributed by atoms with Gasteiger partial charge in [0.2, 0.25) is 15.8 Å². The molecule has 0 saturated carbocycles. The van der Waals surface area contributed by atoms with Gasteiger partial charge in [0.05, 0.1) is 4.92 Å². The van der Waals surface area contributed by atoms with Crippen molar-refractivity contribution < 1.29 is 17.7 Å². The maximum absolute atomic E-state index is 13.7. The molecule has 0 aromatic heterocycles. The molecule has 2 atom stereocenters. The first-order valence-corrected chi connectivity index (χ1v) is 8.41. The number of piperidine rings is 1. The summed E-state index contributed by atoms with van der Waals surface area (Å²) >= 11 is 0. The quantitative estimate of drug-likeness (QED) is 0.647. The molecule has 0 aliphatic carbocycles. The van der Waals surface area contributed by atoms with Crippen molar-refractivity contribution in [3.63, 3.8) is 0 Å². The second kappa shape index (κ2) is 7.52. The normalized spacial score (nSPS) is 20.6.